The summed E-state index contributed by atoms with van der Waals surface area (Å²) in [5, 5.41) is 8.92. The lowest BCUT2D eigenvalue weighted by Gasteiger charge is -2.10. The maximum absolute atomic E-state index is 12.3. The third-order valence-electron chi connectivity index (χ3n) is 2.93. The number of anilines is 1. The first kappa shape index (κ1) is 14.0. The van der Waals surface area contributed by atoms with Crippen LogP contribution >= 0.6 is 0 Å². The van der Waals surface area contributed by atoms with E-state index in [1.165, 1.54) is 18.3 Å². The molecule has 1 aromatic carbocycles. The van der Waals surface area contributed by atoms with Gasteiger partial charge in [-0.2, -0.15) is 5.26 Å². The van der Waals surface area contributed by atoms with Gasteiger partial charge in [-0.25, -0.2) is 13.4 Å². The summed E-state index contributed by atoms with van der Waals surface area (Å²) in [6.07, 6.45) is 1.38. The zero-order valence-corrected chi connectivity index (χ0v) is 11.9. The van der Waals surface area contributed by atoms with E-state index < -0.39 is 10.0 Å². The molecule has 0 saturated carbocycles. The van der Waals surface area contributed by atoms with Crippen molar-refractivity contribution in [1.29, 1.82) is 5.26 Å². The van der Waals surface area contributed by atoms with Crippen molar-refractivity contribution < 1.29 is 8.42 Å². The summed E-state index contributed by atoms with van der Waals surface area (Å²) in [4.78, 5) is 3.63. The molecule has 20 heavy (non-hydrogen) atoms. The summed E-state index contributed by atoms with van der Waals surface area (Å²) >= 11 is 0. The highest BCUT2D eigenvalue weighted by atomic mass is 32.2. The van der Waals surface area contributed by atoms with E-state index in [0.29, 0.717) is 5.69 Å². The number of nitriles is 1. The summed E-state index contributed by atoms with van der Waals surface area (Å²) < 4.78 is 27.0. The molecule has 0 fully saturated rings. The SMILES string of the molecule is Cc1ccc(NS(=O)(=O)c2cccnc2C#N)cc1C. The van der Waals surface area contributed by atoms with Gasteiger partial charge in [0.2, 0.25) is 0 Å². The maximum Gasteiger partial charge on any atom is 0.264 e. The van der Waals surface area contributed by atoms with E-state index in [2.05, 4.69) is 9.71 Å². The maximum atomic E-state index is 12.3. The fraction of sp³-hybridized carbons (Fsp3) is 0.143. The first-order valence-corrected chi connectivity index (χ1v) is 7.37. The lowest BCUT2D eigenvalue weighted by molar-refractivity contribution is 0.600. The molecule has 0 bridgehead atoms. The molecule has 0 amide bonds. The molecule has 1 heterocycles. The number of sulfonamides is 1. The fourth-order valence-corrected chi connectivity index (χ4v) is 2.86. The Labute approximate surface area is 118 Å². The van der Waals surface area contributed by atoms with E-state index in [-0.39, 0.29) is 10.6 Å². The largest absolute Gasteiger partial charge is 0.280 e. The second-order valence-electron chi connectivity index (χ2n) is 4.37. The van der Waals surface area contributed by atoms with Gasteiger partial charge in [-0.15, -0.1) is 0 Å². The summed E-state index contributed by atoms with van der Waals surface area (Å²) in [7, 11) is -3.82. The second kappa shape index (κ2) is 5.31. The molecule has 2 aromatic rings. The number of benzene rings is 1. The Morgan fingerprint density at radius 1 is 1.20 bits per heavy atom. The van der Waals surface area contributed by atoms with Crippen molar-refractivity contribution in [2.24, 2.45) is 0 Å². The smallest absolute Gasteiger partial charge is 0.264 e. The molecular weight excluding hydrogens is 274 g/mol. The molecule has 0 radical (unpaired) electrons. The van der Waals surface area contributed by atoms with E-state index >= 15 is 0 Å². The van der Waals surface area contributed by atoms with Gasteiger partial charge in [-0.05, 0) is 49.2 Å². The van der Waals surface area contributed by atoms with E-state index in [0.717, 1.165) is 11.1 Å². The summed E-state index contributed by atoms with van der Waals surface area (Å²) in [6.45, 7) is 3.85. The molecule has 0 aliphatic carbocycles. The first-order chi connectivity index (χ1) is 9.44. The quantitative estimate of drug-likeness (QED) is 0.939. The van der Waals surface area contributed by atoms with E-state index in [9.17, 15) is 8.42 Å². The highest BCUT2D eigenvalue weighted by Gasteiger charge is 2.19. The molecule has 0 aliphatic rings. The van der Waals surface area contributed by atoms with Crippen LogP contribution in [0.2, 0.25) is 0 Å². The molecule has 0 saturated heterocycles. The number of nitrogens with zero attached hydrogens (tertiary/aromatic N) is 2. The predicted octanol–water partition coefficient (Wildman–Crippen LogP) is 2.37. The van der Waals surface area contributed by atoms with Crippen molar-refractivity contribution in [2.75, 3.05) is 4.72 Å². The Hall–Kier alpha value is -2.39. The van der Waals surface area contributed by atoms with Crippen LogP contribution < -0.4 is 4.72 Å². The number of pyridine rings is 1. The molecule has 5 nitrogen and oxygen atoms in total. The summed E-state index contributed by atoms with van der Waals surface area (Å²) in [6, 6.07) is 9.88. The van der Waals surface area contributed by atoms with Crippen molar-refractivity contribution in [3.05, 3.63) is 53.3 Å². The van der Waals surface area contributed by atoms with Gasteiger partial charge in [0.1, 0.15) is 11.0 Å². The van der Waals surface area contributed by atoms with Crippen molar-refractivity contribution in [3.63, 3.8) is 0 Å². The number of hydrogen-bond donors (Lipinski definition) is 1. The minimum atomic E-state index is -3.82. The fourth-order valence-electron chi connectivity index (χ4n) is 1.71. The Balaban J connectivity index is 2.41. The third kappa shape index (κ3) is 2.78. The minimum Gasteiger partial charge on any atom is -0.280 e. The minimum absolute atomic E-state index is 0.121. The average molecular weight is 287 g/mol. The molecule has 0 aliphatic heterocycles. The number of nitrogens with one attached hydrogen (secondary N) is 1. The van der Waals surface area contributed by atoms with Crippen LogP contribution in [0.1, 0.15) is 16.8 Å². The molecule has 1 N–H and O–H groups in total. The van der Waals surface area contributed by atoms with Gasteiger partial charge < -0.3 is 0 Å². The topological polar surface area (TPSA) is 82.8 Å². The average Bonchev–Trinajstić information content (AvgIpc) is 2.42. The predicted molar refractivity (Wildman–Crippen MR) is 75.7 cm³/mol. The van der Waals surface area contributed by atoms with Crippen molar-refractivity contribution in [1.82, 2.24) is 4.98 Å². The first-order valence-electron chi connectivity index (χ1n) is 5.89. The molecule has 0 atom stereocenters. The van der Waals surface area contributed by atoms with Gasteiger partial charge in [0.25, 0.3) is 10.0 Å². The molecule has 2 rings (SSSR count). The zero-order valence-electron chi connectivity index (χ0n) is 11.1. The number of aryl methyl sites for hydroxylation is 2. The van der Waals surface area contributed by atoms with Gasteiger partial charge in [-0.3, -0.25) is 4.72 Å². The normalized spacial score (nSPS) is 10.8. The Kier molecular flexibility index (Phi) is 3.72. The summed E-state index contributed by atoms with van der Waals surface area (Å²) in [5.41, 5.74) is 2.40. The highest BCUT2D eigenvalue weighted by molar-refractivity contribution is 7.92. The van der Waals surface area contributed by atoms with Crippen LogP contribution in [-0.2, 0) is 10.0 Å². The van der Waals surface area contributed by atoms with Crippen molar-refractivity contribution in [2.45, 2.75) is 18.7 Å². The van der Waals surface area contributed by atoms with Gasteiger partial charge in [0, 0.05) is 11.9 Å². The Morgan fingerprint density at radius 3 is 2.60 bits per heavy atom. The van der Waals surface area contributed by atoms with Crippen LogP contribution in [0.25, 0.3) is 0 Å². The second-order valence-corrected chi connectivity index (χ2v) is 6.02. The standard InChI is InChI=1S/C14H13N3O2S/c1-10-5-6-12(8-11(10)2)17-20(18,19)14-4-3-7-16-13(14)9-15/h3-8,17H,1-2H3. The third-order valence-corrected chi connectivity index (χ3v) is 4.34. The van der Waals surface area contributed by atoms with Gasteiger partial charge in [-0.1, -0.05) is 6.07 Å². The van der Waals surface area contributed by atoms with Crippen LogP contribution in [0.15, 0.2) is 41.4 Å². The van der Waals surface area contributed by atoms with Crippen molar-refractivity contribution in [3.8, 4) is 6.07 Å². The molecule has 102 valence electrons. The number of rotatable bonds is 3. The summed E-state index contributed by atoms with van der Waals surface area (Å²) in [5.74, 6) is 0. The molecule has 6 heteroatoms. The Morgan fingerprint density at radius 2 is 1.95 bits per heavy atom. The monoisotopic (exact) mass is 287 g/mol. The number of aromatic nitrogens is 1. The van der Waals surface area contributed by atoms with Crippen LogP contribution in [0.5, 0.6) is 0 Å². The van der Waals surface area contributed by atoms with Gasteiger partial charge >= 0.3 is 0 Å². The highest BCUT2D eigenvalue weighted by Crippen LogP contribution is 2.20. The zero-order chi connectivity index (χ0) is 14.8. The molecule has 1 aromatic heterocycles. The van der Waals surface area contributed by atoms with Crippen LogP contribution in [0, 0.1) is 25.2 Å². The number of hydrogen-bond acceptors (Lipinski definition) is 4. The lowest BCUT2D eigenvalue weighted by atomic mass is 10.1. The van der Waals surface area contributed by atoms with E-state index in [1.807, 2.05) is 19.9 Å². The van der Waals surface area contributed by atoms with E-state index in [1.54, 1.807) is 18.2 Å². The van der Waals surface area contributed by atoms with Crippen LogP contribution in [0.3, 0.4) is 0 Å². The van der Waals surface area contributed by atoms with Crippen LogP contribution in [-0.4, -0.2) is 13.4 Å². The Bertz CT molecular complexity index is 792. The van der Waals surface area contributed by atoms with E-state index in [4.69, 9.17) is 5.26 Å². The lowest BCUT2D eigenvalue weighted by Crippen LogP contribution is -2.15. The van der Waals surface area contributed by atoms with Gasteiger partial charge in [0.15, 0.2) is 5.69 Å². The van der Waals surface area contributed by atoms with Gasteiger partial charge in [0.05, 0.1) is 0 Å². The van der Waals surface area contributed by atoms with Crippen molar-refractivity contribution >= 4 is 15.7 Å². The molecule has 0 unspecified atom stereocenters. The molecular formula is C14H13N3O2S. The van der Waals surface area contributed by atoms with Crippen LogP contribution in [0.4, 0.5) is 5.69 Å². The molecule has 0 spiro atoms.